The summed E-state index contributed by atoms with van der Waals surface area (Å²) in [4.78, 5) is 14.1. The van der Waals surface area contributed by atoms with Crippen LogP contribution in [-0.4, -0.2) is 43.2 Å². The molecule has 1 aromatic carbocycles. The molecule has 0 amide bonds. The second-order valence-corrected chi connectivity index (χ2v) is 5.72. The third-order valence-corrected chi connectivity index (χ3v) is 4.52. The summed E-state index contributed by atoms with van der Waals surface area (Å²) in [5, 5.41) is 0. The summed E-state index contributed by atoms with van der Waals surface area (Å²) in [7, 11) is 1.68. The summed E-state index contributed by atoms with van der Waals surface area (Å²) < 4.78 is 10.3. The maximum Gasteiger partial charge on any atom is 0.323 e. The number of methoxy groups -OCH3 is 1. The van der Waals surface area contributed by atoms with E-state index < -0.39 is 0 Å². The van der Waals surface area contributed by atoms with Crippen molar-refractivity contribution in [3.05, 3.63) is 29.8 Å². The summed E-state index contributed by atoms with van der Waals surface area (Å²) in [6, 6.07) is 8.67. The Balaban J connectivity index is 1.72. The molecule has 0 aliphatic carbocycles. The number of carbonyl (C=O) groups excluding carboxylic acids is 1. The zero-order valence-electron chi connectivity index (χ0n) is 12.0. The van der Waals surface area contributed by atoms with Crippen molar-refractivity contribution in [2.24, 2.45) is 0 Å². The van der Waals surface area contributed by atoms with E-state index in [-0.39, 0.29) is 12.0 Å². The van der Waals surface area contributed by atoms with Gasteiger partial charge in [0.05, 0.1) is 13.7 Å². The second kappa shape index (κ2) is 5.44. The van der Waals surface area contributed by atoms with Gasteiger partial charge in [-0.25, -0.2) is 0 Å². The Labute approximate surface area is 119 Å². The smallest absolute Gasteiger partial charge is 0.323 e. The molecule has 108 valence electrons. The molecule has 1 aromatic rings. The Bertz CT molecular complexity index is 485. The minimum atomic E-state index is -0.0489. The lowest BCUT2D eigenvalue weighted by atomic mass is 9.97. The molecule has 20 heavy (non-hydrogen) atoms. The van der Waals surface area contributed by atoms with Crippen LogP contribution in [-0.2, 0) is 9.53 Å². The van der Waals surface area contributed by atoms with Crippen LogP contribution in [0.25, 0.3) is 0 Å². The largest absolute Gasteiger partial charge is 0.497 e. The van der Waals surface area contributed by atoms with Gasteiger partial charge >= 0.3 is 5.97 Å². The van der Waals surface area contributed by atoms with Gasteiger partial charge in [-0.3, -0.25) is 9.69 Å². The molecular weight excluding hydrogens is 254 g/mol. The van der Waals surface area contributed by atoms with Crippen LogP contribution in [0.4, 0.5) is 0 Å². The number of hydrogen-bond acceptors (Lipinski definition) is 4. The number of carbonyl (C=O) groups is 1. The van der Waals surface area contributed by atoms with Gasteiger partial charge in [-0.05, 0) is 37.0 Å². The molecular formula is C16H21NO3. The third-order valence-electron chi connectivity index (χ3n) is 4.52. The molecule has 2 saturated heterocycles. The number of esters is 1. The Morgan fingerprint density at radius 2 is 2.05 bits per heavy atom. The molecule has 2 aliphatic rings. The van der Waals surface area contributed by atoms with E-state index in [4.69, 9.17) is 9.47 Å². The van der Waals surface area contributed by atoms with Gasteiger partial charge in [-0.15, -0.1) is 0 Å². The molecule has 3 atom stereocenters. The normalized spacial score (nSPS) is 30.5. The van der Waals surface area contributed by atoms with Crippen LogP contribution in [0.3, 0.4) is 0 Å². The van der Waals surface area contributed by atoms with Gasteiger partial charge in [0.1, 0.15) is 11.8 Å². The first kappa shape index (κ1) is 13.4. The number of likely N-dealkylation sites (tertiary alicyclic amines) is 1. The van der Waals surface area contributed by atoms with Crippen LogP contribution in [0.15, 0.2) is 24.3 Å². The summed E-state index contributed by atoms with van der Waals surface area (Å²) in [5.74, 6) is 1.33. The third kappa shape index (κ3) is 2.40. The summed E-state index contributed by atoms with van der Waals surface area (Å²) in [6.07, 6.45) is 1.93. The van der Waals surface area contributed by atoms with Crippen LogP contribution in [0.5, 0.6) is 5.75 Å². The van der Waals surface area contributed by atoms with Crippen molar-refractivity contribution in [3.63, 3.8) is 0 Å². The van der Waals surface area contributed by atoms with Gasteiger partial charge in [-0.2, -0.15) is 0 Å². The molecule has 0 radical (unpaired) electrons. The van der Waals surface area contributed by atoms with Crippen molar-refractivity contribution in [1.29, 1.82) is 0 Å². The van der Waals surface area contributed by atoms with E-state index in [1.807, 2.05) is 12.1 Å². The van der Waals surface area contributed by atoms with Crippen molar-refractivity contribution >= 4 is 5.97 Å². The van der Waals surface area contributed by atoms with Gasteiger partial charge in [0.2, 0.25) is 0 Å². The lowest BCUT2D eigenvalue weighted by Crippen LogP contribution is -2.40. The minimum Gasteiger partial charge on any atom is -0.497 e. The molecule has 4 heteroatoms. The maximum absolute atomic E-state index is 11.8. The summed E-state index contributed by atoms with van der Waals surface area (Å²) in [5.41, 5.74) is 1.33. The Hall–Kier alpha value is -1.55. The molecule has 0 saturated carbocycles. The molecule has 2 fully saturated rings. The molecule has 0 unspecified atom stereocenters. The quantitative estimate of drug-likeness (QED) is 0.793. The molecule has 0 spiro atoms. The van der Waals surface area contributed by atoms with Crippen molar-refractivity contribution in [1.82, 2.24) is 4.90 Å². The molecule has 0 aromatic heterocycles. The highest BCUT2D eigenvalue weighted by molar-refractivity contribution is 5.77. The number of benzene rings is 1. The molecule has 0 bridgehead atoms. The Morgan fingerprint density at radius 3 is 2.65 bits per heavy atom. The van der Waals surface area contributed by atoms with Crippen LogP contribution >= 0.6 is 0 Å². The average molecular weight is 275 g/mol. The van der Waals surface area contributed by atoms with Crippen molar-refractivity contribution in [2.45, 2.75) is 37.8 Å². The fourth-order valence-electron chi connectivity index (χ4n) is 3.39. The number of hydrogen-bond donors (Lipinski definition) is 0. The van der Waals surface area contributed by atoms with Crippen LogP contribution in [0.2, 0.25) is 0 Å². The van der Waals surface area contributed by atoms with Crippen molar-refractivity contribution < 1.29 is 14.3 Å². The number of rotatable bonds is 3. The van der Waals surface area contributed by atoms with E-state index in [0.29, 0.717) is 18.6 Å². The first-order valence-corrected chi connectivity index (χ1v) is 7.25. The van der Waals surface area contributed by atoms with Gasteiger partial charge in [-0.1, -0.05) is 12.1 Å². The fraction of sp³-hybridized carbons (Fsp3) is 0.562. The van der Waals surface area contributed by atoms with Gasteiger partial charge in [0.25, 0.3) is 0 Å². The standard InChI is InChI=1S/C16H21NO3/c1-11-9-13(12-3-5-14(19-2)6-4-12)10-17(11)15-7-8-20-16(15)18/h3-6,11,13,15H,7-10H2,1-2H3/t11-,13-,15+/m1/s1. The zero-order valence-corrected chi connectivity index (χ0v) is 12.0. The number of ether oxygens (including phenoxy) is 2. The highest BCUT2D eigenvalue weighted by Crippen LogP contribution is 2.35. The SMILES string of the molecule is COc1ccc([C@@H]2C[C@@H](C)N([C@H]3CCOC3=O)C2)cc1. The highest BCUT2D eigenvalue weighted by atomic mass is 16.5. The van der Waals surface area contributed by atoms with Gasteiger partial charge in [0.15, 0.2) is 0 Å². The summed E-state index contributed by atoms with van der Waals surface area (Å²) >= 11 is 0. The van der Waals surface area contributed by atoms with Crippen LogP contribution < -0.4 is 4.74 Å². The molecule has 3 rings (SSSR count). The predicted molar refractivity (Wildman–Crippen MR) is 75.9 cm³/mol. The minimum absolute atomic E-state index is 0.0340. The van der Waals surface area contributed by atoms with E-state index in [2.05, 4.69) is 24.0 Å². The Kier molecular flexibility index (Phi) is 3.66. The first-order chi connectivity index (χ1) is 9.69. The van der Waals surface area contributed by atoms with Crippen molar-refractivity contribution in [2.75, 3.05) is 20.3 Å². The molecule has 0 N–H and O–H groups in total. The van der Waals surface area contributed by atoms with E-state index in [9.17, 15) is 4.79 Å². The van der Waals surface area contributed by atoms with Crippen LogP contribution in [0, 0.1) is 0 Å². The van der Waals surface area contributed by atoms with Gasteiger partial charge < -0.3 is 9.47 Å². The number of cyclic esters (lactones) is 1. The predicted octanol–water partition coefficient (Wildman–Crippen LogP) is 2.19. The lowest BCUT2D eigenvalue weighted by molar-refractivity contribution is -0.142. The van der Waals surface area contributed by atoms with Crippen LogP contribution in [0.1, 0.15) is 31.2 Å². The lowest BCUT2D eigenvalue weighted by Gasteiger charge is -2.25. The van der Waals surface area contributed by atoms with Gasteiger partial charge in [0, 0.05) is 19.0 Å². The van der Waals surface area contributed by atoms with E-state index in [1.54, 1.807) is 7.11 Å². The summed E-state index contributed by atoms with van der Waals surface area (Å²) in [6.45, 7) is 3.71. The zero-order chi connectivity index (χ0) is 14.1. The van der Waals surface area contributed by atoms with Crippen molar-refractivity contribution in [3.8, 4) is 5.75 Å². The fourth-order valence-corrected chi connectivity index (χ4v) is 3.39. The topological polar surface area (TPSA) is 38.8 Å². The number of nitrogens with zero attached hydrogens (tertiary/aromatic N) is 1. The monoisotopic (exact) mass is 275 g/mol. The maximum atomic E-state index is 11.8. The van der Waals surface area contributed by atoms with E-state index in [1.165, 1.54) is 5.56 Å². The Morgan fingerprint density at radius 1 is 1.30 bits per heavy atom. The van der Waals surface area contributed by atoms with E-state index >= 15 is 0 Å². The second-order valence-electron chi connectivity index (χ2n) is 5.72. The molecule has 2 aliphatic heterocycles. The molecule has 2 heterocycles. The molecule has 4 nitrogen and oxygen atoms in total. The first-order valence-electron chi connectivity index (χ1n) is 7.25. The van der Waals surface area contributed by atoms with E-state index in [0.717, 1.165) is 25.1 Å². The highest BCUT2D eigenvalue weighted by Gasteiger charge is 2.40. The average Bonchev–Trinajstić information content (AvgIpc) is 3.05.